The van der Waals surface area contributed by atoms with E-state index >= 15 is 0 Å². The second-order valence-electron chi connectivity index (χ2n) is 7.72. The number of ether oxygens (including phenoxy) is 1. The van der Waals surface area contributed by atoms with Crippen LogP contribution in [0.15, 0.2) is 29.3 Å². The standard InChI is InChI=1S/C20H30FN5O3/c1-5-22-18(25-14-12-26(13-14)19(28)29-20(2,3)4)24-11-10-23-17(27)15-8-6-7-9-16(15)21/h6-9,14H,5,10-13H2,1-4H3,(H,23,27)(H2,22,24,25). The van der Waals surface area contributed by atoms with E-state index < -0.39 is 17.3 Å². The lowest BCUT2D eigenvalue weighted by Crippen LogP contribution is -2.63. The third kappa shape index (κ3) is 7.24. The molecule has 3 N–H and O–H groups in total. The fraction of sp³-hybridized carbons (Fsp3) is 0.550. The summed E-state index contributed by atoms with van der Waals surface area (Å²) in [6, 6.07) is 5.91. The molecule has 1 aliphatic heterocycles. The summed E-state index contributed by atoms with van der Waals surface area (Å²) in [5, 5.41) is 9.02. The van der Waals surface area contributed by atoms with Gasteiger partial charge in [-0.1, -0.05) is 12.1 Å². The van der Waals surface area contributed by atoms with Gasteiger partial charge in [-0.05, 0) is 39.8 Å². The zero-order chi connectivity index (χ0) is 21.4. The third-order valence-corrected chi connectivity index (χ3v) is 4.00. The van der Waals surface area contributed by atoms with Crippen molar-refractivity contribution < 1.29 is 18.7 Å². The lowest BCUT2D eigenvalue weighted by atomic mass is 10.1. The number of carbonyl (C=O) groups excluding carboxylic acids is 2. The van der Waals surface area contributed by atoms with Crippen molar-refractivity contribution in [2.24, 2.45) is 4.99 Å². The molecule has 0 spiro atoms. The van der Waals surface area contributed by atoms with E-state index in [0.717, 1.165) is 0 Å². The number of nitrogens with zero attached hydrogens (tertiary/aromatic N) is 2. The molecule has 1 aromatic carbocycles. The third-order valence-electron chi connectivity index (χ3n) is 4.00. The highest BCUT2D eigenvalue weighted by atomic mass is 19.1. The second kappa shape index (κ2) is 10.1. The smallest absolute Gasteiger partial charge is 0.410 e. The van der Waals surface area contributed by atoms with Gasteiger partial charge in [-0.3, -0.25) is 9.79 Å². The van der Waals surface area contributed by atoms with Gasteiger partial charge in [0.25, 0.3) is 5.91 Å². The fourth-order valence-corrected chi connectivity index (χ4v) is 2.64. The van der Waals surface area contributed by atoms with E-state index in [-0.39, 0.29) is 24.2 Å². The Labute approximate surface area is 170 Å². The lowest BCUT2D eigenvalue weighted by molar-refractivity contribution is 0.00700. The Bertz CT molecular complexity index is 742. The van der Waals surface area contributed by atoms with Gasteiger partial charge in [0.1, 0.15) is 11.4 Å². The molecule has 8 nitrogen and oxygen atoms in total. The molecule has 0 aliphatic carbocycles. The Kier molecular flexibility index (Phi) is 7.81. The molecule has 0 aromatic heterocycles. The van der Waals surface area contributed by atoms with Crippen molar-refractivity contribution in [3.8, 4) is 0 Å². The molecule has 9 heteroatoms. The molecule has 1 heterocycles. The minimum Gasteiger partial charge on any atom is -0.444 e. The summed E-state index contributed by atoms with van der Waals surface area (Å²) in [5.41, 5.74) is -0.503. The summed E-state index contributed by atoms with van der Waals surface area (Å²) in [6.07, 6.45) is -0.326. The average Bonchev–Trinajstić information content (AvgIpc) is 2.59. The number of aliphatic imine (C=N–C) groups is 1. The molecule has 160 valence electrons. The van der Waals surface area contributed by atoms with Crippen molar-refractivity contribution in [1.29, 1.82) is 0 Å². The van der Waals surface area contributed by atoms with Crippen LogP contribution in [0.2, 0.25) is 0 Å². The van der Waals surface area contributed by atoms with E-state index in [2.05, 4.69) is 20.9 Å². The Balaban J connectivity index is 1.75. The van der Waals surface area contributed by atoms with Gasteiger partial charge in [-0.2, -0.15) is 0 Å². The molecule has 29 heavy (non-hydrogen) atoms. The number of likely N-dealkylation sites (tertiary alicyclic amines) is 1. The van der Waals surface area contributed by atoms with E-state index in [9.17, 15) is 14.0 Å². The molecule has 0 bridgehead atoms. The number of hydrogen-bond donors (Lipinski definition) is 3. The van der Waals surface area contributed by atoms with Crippen LogP contribution in [-0.2, 0) is 4.74 Å². The van der Waals surface area contributed by atoms with Gasteiger partial charge in [0.2, 0.25) is 0 Å². The monoisotopic (exact) mass is 407 g/mol. The molecule has 2 amide bonds. The Morgan fingerprint density at radius 2 is 1.93 bits per heavy atom. The van der Waals surface area contributed by atoms with Crippen molar-refractivity contribution in [3.05, 3.63) is 35.6 Å². The molecule has 0 atom stereocenters. The number of carbonyl (C=O) groups is 2. The maximum atomic E-state index is 13.6. The summed E-state index contributed by atoms with van der Waals surface area (Å²) in [6.45, 7) is 9.80. The summed E-state index contributed by atoms with van der Waals surface area (Å²) in [5.74, 6) is -0.423. The van der Waals surface area contributed by atoms with Crippen molar-refractivity contribution in [3.63, 3.8) is 0 Å². The number of halogens is 1. The minimum atomic E-state index is -0.553. The summed E-state index contributed by atoms with van der Waals surface area (Å²) >= 11 is 0. The van der Waals surface area contributed by atoms with Crippen LogP contribution in [0.25, 0.3) is 0 Å². The molecule has 1 aromatic rings. The van der Waals surface area contributed by atoms with Crippen LogP contribution in [0.4, 0.5) is 9.18 Å². The van der Waals surface area contributed by atoms with Crippen LogP contribution in [0, 0.1) is 5.82 Å². The molecule has 0 saturated carbocycles. The molecular formula is C20H30FN5O3. The highest BCUT2D eigenvalue weighted by Gasteiger charge is 2.34. The van der Waals surface area contributed by atoms with Gasteiger partial charge < -0.3 is 25.6 Å². The van der Waals surface area contributed by atoms with Gasteiger partial charge in [-0.25, -0.2) is 9.18 Å². The quantitative estimate of drug-likeness (QED) is 0.379. The Morgan fingerprint density at radius 1 is 1.24 bits per heavy atom. The molecule has 0 unspecified atom stereocenters. The normalized spacial score (nSPS) is 14.8. The van der Waals surface area contributed by atoms with Gasteiger partial charge in [0, 0.05) is 26.2 Å². The molecular weight excluding hydrogens is 377 g/mol. The molecule has 1 aliphatic rings. The number of amides is 2. The lowest BCUT2D eigenvalue weighted by Gasteiger charge is -2.40. The van der Waals surface area contributed by atoms with E-state index in [1.165, 1.54) is 18.2 Å². The topological polar surface area (TPSA) is 95.1 Å². The maximum absolute atomic E-state index is 13.6. The highest BCUT2D eigenvalue weighted by Crippen LogP contribution is 2.15. The zero-order valence-electron chi connectivity index (χ0n) is 17.4. The predicted molar refractivity (Wildman–Crippen MR) is 109 cm³/mol. The van der Waals surface area contributed by atoms with Crippen LogP contribution in [0.1, 0.15) is 38.1 Å². The summed E-state index contributed by atoms with van der Waals surface area (Å²) in [4.78, 5) is 30.0. The van der Waals surface area contributed by atoms with Crippen LogP contribution >= 0.6 is 0 Å². The van der Waals surface area contributed by atoms with Crippen molar-refractivity contribution in [2.45, 2.75) is 39.3 Å². The van der Waals surface area contributed by atoms with Gasteiger partial charge in [0.05, 0.1) is 18.2 Å². The fourth-order valence-electron chi connectivity index (χ4n) is 2.64. The predicted octanol–water partition coefficient (Wildman–Crippen LogP) is 1.73. The van der Waals surface area contributed by atoms with E-state index in [1.807, 2.05) is 27.7 Å². The summed E-state index contributed by atoms with van der Waals surface area (Å²) in [7, 11) is 0. The molecule has 2 rings (SSSR count). The van der Waals surface area contributed by atoms with Crippen LogP contribution in [0.3, 0.4) is 0 Å². The zero-order valence-corrected chi connectivity index (χ0v) is 17.4. The van der Waals surface area contributed by atoms with E-state index in [1.54, 1.807) is 11.0 Å². The van der Waals surface area contributed by atoms with Crippen molar-refractivity contribution in [2.75, 3.05) is 32.7 Å². The molecule has 0 radical (unpaired) electrons. The van der Waals surface area contributed by atoms with Gasteiger partial charge in [0.15, 0.2) is 5.96 Å². The number of nitrogens with one attached hydrogen (secondary N) is 3. The van der Waals surface area contributed by atoms with Gasteiger partial charge in [-0.15, -0.1) is 0 Å². The van der Waals surface area contributed by atoms with E-state index in [0.29, 0.717) is 32.1 Å². The SMILES string of the molecule is CCNC(=NCCNC(=O)c1ccccc1F)NC1CN(C(=O)OC(C)(C)C)C1. The van der Waals surface area contributed by atoms with Crippen LogP contribution in [0.5, 0.6) is 0 Å². The van der Waals surface area contributed by atoms with Crippen molar-refractivity contribution in [1.82, 2.24) is 20.9 Å². The first-order valence-electron chi connectivity index (χ1n) is 9.75. The first kappa shape index (κ1) is 22.4. The molecule has 1 saturated heterocycles. The maximum Gasteiger partial charge on any atom is 0.410 e. The summed E-state index contributed by atoms with van der Waals surface area (Å²) < 4.78 is 18.9. The van der Waals surface area contributed by atoms with Crippen LogP contribution in [-0.4, -0.2) is 67.2 Å². The Morgan fingerprint density at radius 3 is 2.55 bits per heavy atom. The number of hydrogen-bond acceptors (Lipinski definition) is 4. The largest absolute Gasteiger partial charge is 0.444 e. The number of rotatable bonds is 6. The second-order valence-corrected chi connectivity index (χ2v) is 7.72. The average molecular weight is 407 g/mol. The van der Waals surface area contributed by atoms with Crippen LogP contribution < -0.4 is 16.0 Å². The van der Waals surface area contributed by atoms with E-state index in [4.69, 9.17) is 4.74 Å². The minimum absolute atomic E-state index is 0.0122. The number of benzene rings is 1. The first-order chi connectivity index (χ1) is 13.7. The van der Waals surface area contributed by atoms with Crippen molar-refractivity contribution >= 4 is 18.0 Å². The first-order valence-corrected chi connectivity index (χ1v) is 9.75. The number of guanidine groups is 1. The Hall–Kier alpha value is -2.84. The highest BCUT2D eigenvalue weighted by molar-refractivity contribution is 5.94. The molecule has 1 fully saturated rings. The van der Waals surface area contributed by atoms with Gasteiger partial charge >= 0.3 is 6.09 Å².